The van der Waals surface area contributed by atoms with E-state index in [1.165, 1.54) is 25.9 Å². The number of hydrogen-bond donors (Lipinski definition) is 2. The molecule has 1 aliphatic carbocycles. The molecule has 4 aliphatic rings. The molecular formula is C23H30InN5O3. The Morgan fingerprint density at radius 1 is 1.09 bits per heavy atom. The fourth-order valence-electron chi connectivity index (χ4n) is 5.19. The van der Waals surface area contributed by atoms with Gasteiger partial charge in [0.25, 0.3) is 0 Å². The molecule has 1 aromatic rings. The zero-order valence-electron chi connectivity index (χ0n) is 18.3. The number of rotatable bonds is 6. The SMILES string of the molecule is NC(=O)[C]1=CC=[C](Oc2ccnc(NC(=O)N3CCC(N4CCCC4)CC3)c2)[In]1[CH]1CC1. The minimum absolute atomic E-state index is 0.109. The van der Waals surface area contributed by atoms with E-state index in [-0.39, 0.29) is 11.9 Å². The van der Waals surface area contributed by atoms with Crippen LogP contribution in [0.2, 0.25) is 3.67 Å². The molecule has 32 heavy (non-hydrogen) atoms. The van der Waals surface area contributed by atoms with Crippen molar-refractivity contribution in [1.29, 1.82) is 0 Å². The maximum absolute atomic E-state index is 12.8. The Balaban J connectivity index is 1.17. The van der Waals surface area contributed by atoms with E-state index in [1.54, 1.807) is 18.3 Å². The minimum atomic E-state index is -2.50. The number of likely N-dealkylation sites (tertiary alicyclic amines) is 2. The quantitative estimate of drug-likeness (QED) is 0.579. The molecule has 0 atom stereocenters. The summed E-state index contributed by atoms with van der Waals surface area (Å²) < 4.78 is 8.58. The number of piperidine rings is 1. The summed E-state index contributed by atoms with van der Waals surface area (Å²) >= 11 is -2.50. The van der Waals surface area contributed by atoms with E-state index in [9.17, 15) is 9.59 Å². The monoisotopic (exact) mass is 539 g/mol. The van der Waals surface area contributed by atoms with Crippen molar-refractivity contribution in [2.75, 3.05) is 31.5 Å². The van der Waals surface area contributed by atoms with Crippen LogP contribution in [0.5, 0.6) is 5.75 Å². The predicted molar refractivity (Wildman–Crippen MR) is 123 cm³/mol. The molecule has 5 rings (SSSR count). The number of anilines is 1. The summed E-state index contributed by atoms with van der Waals surface area (Å²) in [6, 6.07) is 4.05. The predicted octanol–water partition coefficient (Wildman–Crippen LogP) is 2.60. The number of urea groups is 1. The zero-order valence-corrected chi connectivity index (χ0v) is 21.6. The van der Waals surface area contributed by atoms with E-state index in [2.05, 4.69) is 15.2 Å². The Bertz CT molecular complexity index is 947. The number of ether oxygens (including phenoxy) is 1. The molecule has 3 aliphatic heterocycles. The van der Waals surface area contributed by atoms with Gasteiger partial charge in [-0.3, -0.25) is 0 Å². The number of allylic oxidation sites excluding steroid dienone is 2. The van der Waals surface area contributed by atoms with E-state index < -0.39 is 21.4 Å². The number of nitrogens with two attached hydrogens (primary N) is 1. The fraction of sp³-hybridized carbons (Fsp3) is 0.522. The third-order valence-electron chi connectivity index (χ3n) is 7.06. The molecule has 8 nitrogen and oxygen atoms in total. The zero-order chi connectivity index (χ0) is 22.1. The van der Waals surface area contributed by atoms with Gasteiger partial charge in [-0.15, -0.1) is 0 Å². The standard InChI is InChI=1S/C20H25N5O3.C3H5.In/c21-18(26)5-1-4-14-28-17-6-9-22-19(15-17)23-20(27)25-12-7-16(8-13-25)24-10-2-3-11-24;1-2-3-1;/h1,4,6,9,15-16H,2-3,7-8,10-13H2,(H2,21,26)(H,22,23,27);1H,2-3H2;. The molecule has 4 heterocycles. The molecule has 9 heteroatoms. The van der Waals surface area contributed by atoms with E-state index in [0.29, 0.717) is 21.3 Å². The number of pyridine rings is 1. The number of nitrogens with one attached hydrogen (secondary N) is 1. The van der Waals surface area contributed by atoms with Crippen molar-refractivity contribution in [3.63, 3.8) is 0 Å². The Hall–Kier alpha value is -2.00. The van der Waals surface area contributed by atoms with Crippen LogP contribution in [0.25, 0.3) is 0 Å². The summed E-state index contributed by atoms with van der Waals surface area (Å²) in [7, 11) is 0. The molecule has 168 valence electrons. The molecule has 1 aromatic heterocycles. The molecule has 0 aromatic carbocycles. The van der Waals surface area contributed by atoms with Crippen molar-refractivity contribution in [3.05, 3.63) is 37.3 Å². The molecule has 3 amide bonds. The third kappa shape index (κ3) is 4.83. The van der Waals surface area contributed by atoms with E-state index in [0.717, 1.165) is 45.6 Å². The number of hydrogen-bond acceptors (Lipinski definition) is 5. The second-order valence-corrected chi connectivity index (χ2v) is 18.1. The Morgan fingerprint density at radius 2 is 1.84 bits per heavy atom. The van der Waals surface area contributed by atoms with Gasteiger partial charge in [0.15, 0.2) is 0 Å². The number of primary amides is 1. The van der Waals surface area contributed by atoms with Crippen molar-refractivity contribution in [2.45, 2.75) is 48.2 Å². The van der Waals surface area contributed by atoms with Crippen molar-refractivity contribution in [3.8, 4) is 5.75 Å². The van der Waals surface area contributed by atoms with Crippen molar-refractivity contribution >= 4 is 39.2 Å². The Labute approximate surface area is 196 Å². The van der Waals surface area contributed by atoms with Crippen LogP contribution in [0.3, 0.4) is 0 Å². The summed E-state index contributed by atoms with van der Waals surface area (Å²) in [5.74, 6) is 0.813. The van der Waals surface area contributed by atoms with Crippen LogP contribution in [-0.4, -0.2) is 80.4 Å². The van der Waals surface area contributed by atoms with Gasteiger partial charge in [0.2, 0.25) is 0 Å². The number of carbonyl (C=O) groups is 2. The van der Waals surface area contributed by atoms with Gasteiger partial charge in [-0.05, 0) is 25.9 Å². The summed E-state index contributed by atoms with van der Waals surface area (Å²) in [6.45, 7) is 3.95. The number of nitrogens with zero attached hydrogens (tertiary/aromatic N) is 3. The summed E-state index contributed by atoms with van der Waals surface area (Å²) in [5.41, 5.74) is 5.59. The Kier molecular flexibility index (Phi) is 6.46. The summed E-state index contributed by atoms with van der Waals surface area (Å²) in [4.78, 5) is 33.4. The van der Waals surface area contributed by atoms with Crippen LogP contribution >= 0.6 is 0 Å². The van der Waals surface area contributed by atoms with Crippen LogP contribution in [-0.2, 0) is 4.79 Å². The third-order valence-corrected chi connectivity index (χ3v) is 17.6. The first-order valence-corrected chi connectivity index (χ1v) is 16.9. The topological polar surface area (TPSA) is 101 Å². The van der Waals surface area contributed by atoms with E-state index >= 15 is 0 Å². The molecule has 1 saturated carbocycles. The molecule has 3 N–H and O–H groups in total. The Morgan fingerprint density at radius 3 is 2.53 bits per heavy atom. The summed E-state index contributed by atoms with van der Waals surface area (Å²) in [6.07, 6.45) is 12.4. The van der Waals surface area contributed by atoms with Crippen molar-refractivity contribution < 1.29 is 14.3 Å². The van der Waals surface area contributed by atoms with Gasteiger partial charge in [-0.25, -0.2) is 0 Å². The first-order valence-electron chi connectivity index (χ1n) is 11.7. The molecule has 0 spiro atoms. The van der Waals surface area contributed by atoms with E-state index in [1.807, 2.05) is 17.1 Å². The first kappa shape index (κ1) is 21.8. The first-order chi connectivity index (χ1) is 15.6. The molecule has 0 bridgehead atoms. The fourth-order valence-corrected chi connectivity index (χ4v) is 14.7. The van der Waals surface area contributed by atoms with Crippen molar-refractivity contribution in [1.82, 2.24) is 14.8 Å². The van der Waals surface area contributed by atoms with Crippen LogP contribution in [0.4, 0.5) is 10.6 Å². The molecular weight excluding hydrogens is 509 g/mol. The number of amides is 3. The number of aromatic nitrogens is 1. The molecule has 3 fully saturated rings. The van der Waals surface area contributed by atoms with Crippen LogP contribution in [0.15, 0.2) is 37.3 Å². The summed E-state index contributed by atoms with van der Waals surface area (Å²) in [5, 5.41) is 2.93. The van der Waals surface area contributed by atoms with Gasteiger partial charge in [-0.2, -0.15) is 0 Å². The van der Waals surface area contributed by atoms with Gasteiger partial charge in [0.05, 0.1) is 0 Å². The van der Waals surface area contributed by atoms with Gasteiger partial charge in [-0.1, -0.05) is 0 Å². The average molecular weight is 539 g/mol. The average Bonchev–Trinajstić information content (AvgIpc) is 3.30. The molecule has 0 unspecified atom stereocenters. The second kappa shape index (κ2) is 9.47. The van der Waals surface area contributed by atoms with Gasteiger partial charge >= 0.3 is 171 Å². The molecule has 0 radical (unpaired) electrons. The van der Waals surface area contributed by atoms with E-state index in [4.69, 9.17) is 10.5 Å². The van der Waals surface area contributed by atoms with Gasteiger partial charge < -0.3 is 0 Å². The maximum atomic E-state index is 12.8. The molecule has 2 saturated heterocycles. The van der Waals surface area contributed by atoms with Crippen LogP contribution in [0, 0.1) is 0 Å². The van der Waals surface area contributed by atoms with Gasteiger partial charge in [0.1, 0.15) is 0 Å². The van der Waals surface area contributed by atoms with Crippen LogP contribution < -0.4 is 15.8 Å². The second-order valence-electron chi connectivity index (χ2n) is 9.24. The van der Waals surface area contributed by atoms with Gasteiger partial charge in [0, 0.05) is 0 Å². The van der Waals surface area contributed by atoms with Crippen molar-refractivity contribution in [2.24, 2.45) is 5.73 Å². The van der Waals surface area contributed by atoms with Crippen LogP contribution in [0.1, 0.15) is 38.5 Å². The number of carbonyl (C=O) groups excluding carboxylic acids is 2. The normalized spacial score (nSPS) is 22.0.